The molecule has 1 aromatic rings. The molecule has 1 aromatic heterocycles. The summed E-state index contributed by atoms with van der Waals surface area (Å²) in [6.45, 7) is 8.44. The normalized spacial score (nSPS) is 19.0. The minimum absolute atomic E-state index is 0.128. The van der Waals surface area contributed by atoms with E-state index in [1.807, 2.05) is 23.0 Å². The molecule has 0 radical (unpaired) electrons. The summed E-state index contributed by atoms with van der Waals surface area (Å²) < 4.78 is 7.55. The van der Waals surface area contributed by atoms with Crippen LogP contribution < -0.4 is 5.73 Å². The fourth-order valence-corrected chi connectivity index (χ4v) is 2.67. The second kappa shape index (κ2) is 5.38. The first-order chi connectivity index (χ1) is 8.44. The van der Waals surface area contributed by atoms with E-state index in [1.54, 1.807) is 0 Å². The van der Waals surface area contributed by atoms with Crippen molar-refractivity contribution in [1.29, 1.82) is 0 Å². The molecule has 0 bridgehead atoms. The van der Waals surface area contributed by atoms with Crippen molar-refractivity contribution in [1.82, 2.24) is 9.78 Å². The topological polar surface area (TPSA) is 53.1 Å². The van der Waals surface area contributed by atoms with Crippen LogP contribution in [0, 0.1) is 0 Å². The Labute approximate surface area is 110 Å². The van der Waals surface area contributed by atoms with Crippen molar-refractivity contribution >= 4 is 14.1 Å². The van der Waals surface area contributed by atoms with Crippen LogP contribution in [0.3, 0.4) is 0 Å². The predicted molar refractivity (Wildman–Crippen MR) is 77.0 cm³/mol. The molecule has 4 nitrogen and oxygen atoms in total. The molecule has 1 atom stereocenters. The van der Waals surface area contributed by atoms with Crippen LogP contribution in [0.4, 0.5) is 0 Å². The number of hydrogen-bond donors (Lipinski definition) is 1. The Kier molecular flexibility index (Phi) is 4.04. The Morgan fingerprint density at radius 3 is 3.00 bits per heavy atom. The molecule has 2 rings (SSSR count). The van der Waals surface area contributed by atoms with Gasteiger partial charge in [-0.1, -0.05) is 25.7 Å². The smallest absolute Gasteiger partial charge is 0.139 e. The molecule has 0 aromatic carbocycles. The van der Waals surface area contributed by atoms with E-state index in [0.717, 1.165) is 18.7 Å². The fraction of sp³-hybridized carbons (Fsp3) is 0.615. The van der Waals surface area contributed by atoms with Crippen molar-refractivity contribution < 1.29 is 4.74 Å². The minimum Gasteiger partial charge on any atom is -0.360 e. The Morgan fingerprint density at radius 1 is 1.50 bits per heavy atom. The highest BCUT2D eigenvalue weighted by Gasteiger charge is 2.15. The molecular weight excluding hydrogens is 242 g/mol. The summed E-state index contributed by atoms with van der Waals surface area (Å²) in [6, 6.07) is 1.32. The standard InChI is InChI=1S/C13H23N3OSi/c1-18(2,3)7-6-17-10-16-9-11-8-12(14)4-5-13(11)15-16/h4-5,9,12H,6-8,10,14H2,1-3H3. The van der Waals surface area contributed by atoms with Crippen molar-refractivity contribution in [2.24, 2.45) is 5.73 Å². The van der Waals surface area contributed by atoms with Gasteiger partial charge in [0, 0.05) is 26.9 Å². The molecule has 0 saturated heterocycles. The summed E-state index contributed by atoms with van der Waals surface area (Å²) in [5.74, 6) is 0. The molecule has 1 heterocycles. The van der Waals surface area contributed by atoms with Gasteiger partial charge in [-0.05, 0) is 24.1 Å². The number of nitrogens with two attached hydrogens (primary N) is 1. The summed E-state index contributed by atoms with van der Waals surface area (Å²) >= 11 is 0. The molecular formula is C13H23N3OSi. The van der Waals surface area contributed by atoms with Gasteiger partial charge in [-0.2, -0.15) is 5.10 Å². The molecule has 1 aliphatic rings. The first kappa shape index (κ1) is 13.5. The van der Waals surface area contributed by atoms with Crippen LogP contribution in [0.5, 0.6) is 0 Å². The van der Waals surface area contributed by atoms with Crippen LogP contribution in [-0.2, 0) is 17.9 Å². The number of nitrogens with zero attached hydrogens (tertiary/aromatic N) is 2. The van der Waals surface area contributed by atoms with Crippen molar-refractivity contribution in [3.63, 3.8) is 0 Å². The van der Waals surface area contributed by atoms with Crippen molar-refractivity contribution in [3.05, 3.63) is 23.5 Å². The molecule has 0 saturated carbocycles. The monoisotopic (exact) mass is 265 g/mol. The van der Waals surface area contributed by atoms with Crippen molar-refractivity contribution in [3.8, 4) is 0 Å². The fourth-order valence-electron chi connectivity index (χ4n) is 1.91. The molecule has 2 N–H and O–H groups in total. The lowest BCUT2D eigenvalue weighted by atomic mass is 10.0. The van der Waals surface area contributed by atoms with E-state index in [1.165, 1.54) is 11.6 Å². The van der Waals surface area contributed by atoms with Crippen molar-refractivity contribution in [2.45, 2.75) is 44.9 Å². The highest BCUT2D eigenvalue weighted by Crippen LogP contribution is 2.16. The maximum Gasteiger partial charge on any atom is 0.139 e. The summed E-state index contributed by atoms with van der Waals surface area (Å²) in [6.07, 6.45) is 6.93. The van der Waals surface area contributed by atoms with Gasteiger partial charge in [-0.15, -0.1) is 0 Å². The third kappa shape index (κ3) is 3.80. The third-order valence-electron chi connectivity index (χ3n) is 3.05. The molecule has 0 amide bonds. The van der Waals surface area contributed by atoms with Gasteiger partial charge in [0.2, 0.25) is 0 Å². The number of aromatic nitrogens is 2. The first-order valence-corrected chi connectivity index (χ1v) is 10.2. The highest BCUT2D eigenvalue weighted by atomic mass is 28.3. The van der Waals surface area contributed by atoms with Gasteiger partial charge < -0.3 is 10.5 Å². The average molecular weight is 265 g/mol. The van der Waals surface area contributed by atoms with Crippen LogP contribution in [0.25, 0.3) is 6.08 Å². The van der Waals surface area contributed by atoms with Gasteiger partial charge in [0.25, 0.3) is 0 Å². The van der Waals surface area contributed by atoms with E-state index in [-0.39, 0.29) is 6.04 Å². The lowest BCUT2D eigenvalue weighted by Crippen LogP contribution is -2.22. The van der Waals surface area contributed by atoms with E-state index in [2.05, 4.69) is 24.7 Å². The van der Waals surface area contributed by atoms with Gasteiger partial charge in [-0.25, -0.2) is 4.68 Å². The summed E-state index contributed by atoms with van der Waals surface area (Å²) in [4.78, 5) is 0. The Balaban J connectivity index is 1.83. The van der Waals surface area contributed by atoms with Crippen LogP contribution in [0.15, 0.2) is 12.3 Å². The lowest BCUT2D eigenvalue weighted by molar-refractivity contribution is 0.0785. The molecule has 100 valence electrons. The third-order valence-corrected chi connectivity index (χ3v) is 4.75. The average Bonchev–Trinajstić information content (AvgIpc) is 2.65. The van der Waals surface area contributed by atoms with E-state index in [9.17, 15) is 0 Å². The Hall–Kier alpha value is -0.913. The van der Waals surface area contributed by atoms with Crippen LogP contribution in [0.1, 0.15) is 11.3 Å². The summed E-state index contributed by atoms with van der Waals surface area (Å²) in [5.41, 5.74) is 8.13. The van der Waals surface area contributed by atoms with E-state index < -0.39 is 8.07 Å². The SMILES string of the molecule is C[Si](C)(C)CCOCn1cc2c(n1)C=CC(N)C2. The van der Waals surface area contributed by atoms with Crippen molar-refractivity contribution in [2.75, 3.05) is 6.61 Å². The molecule has 1 unspecified atom stereocenters. The van der Waals surface area contributed by atoms with Crippen LogP contribution >= 0.6 is 0 Å². The molecule has 0 fully saturated rings. The van der Waals surface area contributed by atoms with E-state index in [0.29, 0.717) is 6.73 Å². The van der Waals surface area contributed by atoms with Gasteiger partial charge in [0.05, 0.1) is 5.69 Å². The molecule has 5 heteroatoms. The van der Waals surface area contributed by atoms with Gasteiger partial charge >= 0.3 is 0 Å². The summed E-state index contributed by atoms with van der Waals surface area (Å²) in [5, 5.41) is 4.48. The Bertz CT molecular complexity index is 434. The maximum absolute atomic E-state index is 5.88. The number of fused-ring (bicyclic) bond motifs is 1. The lowest BCUT2D eigenvalue weighted by Gasteiger charge is -2.15. The highest BCUT2D eigenvalue weighted by molar-refractivity contribution is 6.76. The zero-order chi connectivity index (χ0) is 13.2. The van der Waals surface area contributed by atoms with Crippen LogP contribution in [-0.4, -0.2) is 30.5 Å². The zero-order valence-corrected chi connectivity index (χ0v) is 12.5. The number of hydrogen-bond acceptors (Lipinski definition) is 3. The van der Waals surface area contributed by atoms with E-state index >= 15 is 0 Å². The minimum atomic E-state index is -0.996. The zero-order valence-electron chi connectivity index (χ0n) is 11.5. The number of rotatable bonds is 5. The number of ether oxygens (including phenoxy) is 1. The van der Waals surface area contributed by atoms with Gasteiger partial charge in [0.1, 0.15) is 6.73 Å². The quantitative estimate of drug-likeness (QED) is 0.655. The molecule has 0 aliphatic heterocycles. The van der Waals surface area contributed by atoms with Gasteiger partial charge in [0.15, 0.2) is 0 Å². The Morgan fingerprint density at radius 2 is 2.28 bits per heavy atom. The summed E-state index contributed by atoms with van der Waals surface area (Å²) in [7, 11) is -0.996. The van der Waals surface area contributed by atoms with E-state index in [4.69, 9.17) is 10.5 Å². The molecule has 0 spiro atoms. The predicted octanol–water partition coefficient (Wildman–Crippen LogP) is 2.09. The second-order valence-electron chi connectivity index (χ2n) is 6.15. The maximum atomic E-state index is 5.88. The molecule has 1 aliphatic carbocycles. The first-order valence-electron chi connectivity index (χ1n) is 6.52. The van der Waals surface area contributed by atoms with Crippen LogP contribution in [0.2, 0.25) is 25.7 Å². The molecule has 18 heavy (non-hydrogen) atoms. The van der Waals surface area contributed by atoms with Gasteiger partial charge in [-0.3, -0.25) is 0 Å². The largest absolute Gasteiger partial charge is 0.360 e. The second-order valence-corrected chi connectivity index (χ2v) is 11.8.